The van der Waals surface area contributed by atoms with E-state index in [4.69, 9.17) is 4.74 Å². The number of fused-ring (bicyclic) bond motifs is 1. The van der Waals surface area contributed by atoms with Crippen molar-refractivity contribution < 1.29 is 9.53 Å². The Hall–Kier alpha value is -2.53. The van der Waals surface area contributed by atoms with Crippen LogP contribution in [0.3, 0.4) is 0 Å². The maximum absolute atomic E-state index is 11.7. The highest BCUT2D eigenvalue weighted by Gasteiger charge is 2.04. The maximum atomic E-state index is 11.7. The van der Waals surface area contributed by atoms with Crippen LogP contribution in [0.4, 0.5) is 5.13 Å². The van der Waals surface area contributed by atoms with Gasteiger partial charge in [-0.2, -0.15) is 0 Å². The van der Waals surface area contributed by atoms with Crippen LogP contribution in [0, 0.1) is 0 Å². The smallest absolute Gasteiger partial charge is 0.311 e. The third kappa shape index (κ3) is 4.97. The summed E-state index contributed by atoms with van der Waals surface area (Å²) in [6, 6.07) is 15.3. The molecular formula is C20H20N2O2S. The molecule has 0 aliphatic carbocycles. The SMILES string of the molecule is CCCCCC(=O)Oc1ccc(/C=N/c2nc3ccccc3s2)cc1. The quantitative estimate of drug-likeness (QED) is 0.243. The van der Waals surface area contributed by atoms with E-state index in [-0.39, 0.29) is 5.97 Å². The molecule has 1 heterocycles. The number of ether oxygens (including phenoxy) is 1. The number of carbonyl (C=O) groups is 1. The van der Waals surface area contributed by atoms with Gasteiger partial charge < -0.3 is 4.74 Å². The summed E-state index contributed by atoms with van der Waals surface area (Å²) in [4.78, 5) is 20.6. The highest BCUT2D eigenvalue weighted by Crippen LogP contribution is 2.27. The highest BCUT2D eigenvalue weighted by atomic mass is 32.1. The standard InChI is InChI=1S/C20H20N2O2S/c1-2-3-4-9-19(23)24-16-12-10-15(11-13-16)14-21-20-22-17-7-5-6-8-18(17)25-20/h5-8,10-14H,2-4,9H2,1H3/b21-14+. The van der Waals surface area contributed by atoms with Gasteiger partial charge >= 0.3 is 5.97 Å². The van der Waals surface area contributed by atoms with Crippen molar-refractivity contribution in [2.24, 2.45) is 4.99 Å². The van der Waals surface area contributed by atoms with Gasteiger partial charge in [-0.3, -0.25) is 4.79 Å². The Bertz CT molecular complexity index is 836. The van der Waals surface area contributed by atoms with E-state index in [0.29, 0.717) is 12.2 Å². The number of aromatic nitrogens is 1. The minimum Gasteiger partial charge on any atom is -0.427 e. The largest absolute Gasteiger partial charge is 0.427 e. The highest BCUT2D eigenvalue weighted by molar-refractivity contribution is 7.22. The first-order chi connectivity index (χ1) is 12.2. The number of thiazole rings is 1. The van der Waals surface area contributed by atoms with Gasteiger partial charge in [-0.1, -0.05) is 43.2 Å². The number of carbonyl (C=O) groups excluding carboxylic acids is 1. The van der Waals surface area contributed by atoms with E-state index in [2.05, 4.69) is 16.9 Å². The first kappa shape index (κ1) is 17.3. The zero-order chi connectivity index (χ0) is 17.5. The Labute approximate surface area is 151 Å². The Kier molecular flexibility index (Phi) is 5.90. The molecule has 0 spiro atoms. The summed E-state index contributed by atoms with van der Waals surface area (Å²) >= 11 is 1.56. The van der Waals surface area contributed by atoms with Gasteiger partial charge in [-0.25, -0.2) is 9.98 Å². The van der Waals surface area contributed by atoms with Crippen molar-refractivity contribution in [2.75, 3.05) is 0 Å². The third-order valence-corrected chi connectivity index (χ3v) is 4.65. The lowest BCUT2D eigenvalue weighted by atomic mass is 10.2. The predicted molar refractivity (Wildman–Crippen MR) is 103 cm³/mol. The van der Waals surface area contributed by atoms with Crippen LogP contribution in [0.1, 0.15) is 38.2 Å². The summed E-state index contributed by atoms with van der Waals surface area (Å²) in [5.74, 6) is 0.392. The van der Waals surface area contributed by atoms with Crippen molar-refractivity contribution in [3.8, 4) is 5.75 Å². The molecule has 128 valence electrons. The fourth-order valence-corrected chi connectivity index (χ4v) is 3.18. The van der Waals surface area contributed by atoms with Crippen molar-refractivity contribution in [3.63, 3.8) is 0 Å². The molecule has 0 radical (unpaired) electrons. The molecule has 3 aromatic rings. The van der Waals surface area contributed by atoms with Crippen molar-refractivity contribution >= 4 is 38.9 Å². The maximum Gasteiger partial charge on any atom is 0.311 e. The molecule has 25 heavy (non-hydrogen) atoms. The molecule has 0 N–H and O–H groups in total. The lowest BCUT2D eigenvalue weighted by molar-refractivity contribution is -0.134. The molecule has 0 atom stereocenters. The lowest BCUT2D eigenvalue weighted by Crippen LogP contribution is -2.07. The number of hydrogen-bond donors (Lipinski definition) is 0. The molecule has 5 heteroatoms. The third-order valence-electron chi connectivity index (χ3n) is 3.70. The second-order valence-corrected chi connectivity index (χ2v) is 6.73. The summed E-state index contributed by atoms with van der Waals surface area (Å²) in [6.45, 7) is 2.11. The molecule has 0 aliphatic rings. The molecule has 0 aliphatic heterocycles. The van der Waals surface area contributed by atoms with Gasteiger partial charge in [0.1, 0.15) is 5.75 Å². The predicted octanol–water partition coefficient (Wildman–Crippen LogP) is 5.53. The van der Waals surface area contributed by atoms with Crippen LogP contribution >= 0.6 is 11.3 Å². The zero-order valence-corrected chi connectivity index (χ0v) is 15.0. The molecule has 2 aromatic carbocycles. The van der Waals surface area contributed by atoms with E-state index in [0.717, 1.165) is 40.2 Å². The molecule has 0 fully saturated rings. The van der Waals surface area contributed by atoms with E-state index in [1.165, 1.54) is 0 Å². The Morgan fingerprint density at radius 2 is 1.96 bits per heavy atom. The number of para-hydroxylation sites is 1. The van der Waals surface area contributed by atoms with Gasteiger partial charge in [0.15, 0.2) is 0 Å². The van der Waals surface area contributed by atoms with Crippen molar-refractivity contribution in [1.82, 2.24) is 4.98 Å². The summed E-state index contributed by atoms with van der Waals surface area (Å²) < 4.78 is 6.45. The van der Waals surface area contributed by atoms with Crippen LogP contribution in [0.2, 0.25) is 0 Å². The van der Waals surface area contributed by atoms with Crippen LogP contribution in [-0.4, -0.2) is 17.2 Å². The van der Waals surface area contributed by atoms with E-state index in [1.54, 1.807) is 29.7 Å². The van der Waals surface area contributed by atoms with Gasteiger partial charge in [0.05, 0.1) is 10.2 Å². The Morgan fingerprint density at radius 1 is 1.16 bits per heavy atom. The average molecular weight is 352 g/mol. The van der Waals surface area contributed by atoms with Crippen LogP contribution in [0.5, 0.6) is 5.75 Å². The molecule has 4 nitrogen and oxygen atoms in total. The second-order valence-electron chi connectivity index (χ2n) is 5.72. The van der Waals surface area contributed by atoms with Crippen LogP contribution in [0.15, 0.2) is 53.5 Å². The zero-order valence-electron chi connectivity index (χ0n) is 14.1. The molecule has 0 saturated heterocycles. The monoisotopic (exact) mass is 352 g/mol. The number of aliphatic imine (C=N–C) groups is 1. The van der Waals surface area contributed by atoms with Gasteiger partial charge in [-0.05, 0) is 48.4 Å². The topological polar surface area (TPSA) is 51.5 Å². The van der Waals surface area contributed by atoms with E-state index >= 15 is 0 Å². The van der Waals surface area contributed by atoms with E-state index in [9.17, 15) is 4.79 Å². The van der Waals surface area contributed by atoms with Crippen molar-refractivity contribution in [1.29, 1.82) is 0 Å². The average Bonchev–Trinajstić information content (AvgIpc) is 3.04. The number of hydrogen-bond acceptors (Lipinski definition) is 5. The molecule has 0 bridgehead atoms. The molecular weight excluding hydrogens is 332 g/mol. The minimum atomic E-state index is -0.177. The molecule has 3 rings (SSSR count). The van der Waals surface area contributed by atoms with Gasteiger partial charge in [0.2, 0.25) is 5.13 Å². The normalized spacial score (nSPS) is 11.2. The Morgan fingerprint density at radius 3 is 2.72 bits per heavy atom. The fourth-order valence-electron chi connectivity index (χ4n) is 2.37. The Balaban J connectivity index is 1.59. The number of unbranched alkanes of at least 4 members (excludes halogenated alkanes) is 2. The number of nitrogens with zero attached hydrogens (tertiary/aromatic N) is 2. The number of esters is 1. The summed E-state index contributed by atoms with van der Waals surface area (Å²) in [7, 11) is 0. The number of rotatable bonds is 7. The van der Waals surface area contributed by atoms with Crippen LogP contribution < -0.4 is 4.74 Å². The lowest BCUT2D eigenvalue weighted by Gasteiger charge is -2.04. The number of benzene rings is 2. The first-order valence-electron chi connectivity index (χ1n) is 8.45. The van der Waals surface area contributed by atoms with Crippen LogP contribution in [-0.2, 0) is 4.79 Å². The second kappa shape index (κ2) is 8.53. The van der Waals surface area contributed by atoms with Gasteiger partial charge in [-0.15, -0.1) is 0 Å². The van der Waals surface area contributed by atoms with Gasteiger partial charge in [0, 0.05) is 12.6 Å². The summed E-state index contributed by atoms with van der Waals surface area (Å²) in [6.07, 6.45) is 5.26. The molecule has 0 saturated carbocycles. The first-order valence-corrected chi connectivity index (χ1v) is 9.26. The van der Waals surface area contributed by atoms with Crippen molar-refractivity contribution in [3.05, 3.63) is 54.1 Å². The molecule has 1 aromatic heterocycles. The molecule has 0 amide bonds. The van der Waals surface area contributed by atoms with E-state index in [1.807, 2.05) is 36.4 Å². The van der Waals surface area contributed by atoms with Crippen LogP contribution in [0.25, 0.3) is 10.2 Å². The molecule has 0 unspecified atom stereocenters. The van der Waals surface area contributed by atoms with Crippen molar-refractivity contribution in [2.45, 2.75) is 32.6 Å². The van der Waals surface area contributed by atoms with E-state index < -0.39 is 0 Å². The fraction of sp³-hybridized carbons (Fsp3) is 0.250. The van der Waals surface area contributed by atoms with Gasteiger partial charge in [0.25, 0.3) is 0 Å². The minimum absolute atomic E-state index is 0.177. The summed E-state index contributed by atoms with van der Waals surface area (Å²) in [5, 5.41) is 0.729. The summed E-state index contributed by atoms with van der Waals surface area (Å²) in [5.41, 5.74) is 1.90.